The van der Waals surface area contributed by atoms with E-state index in [1.165, 1.54) is 12.3 Å². The molecule has 0 radical (unpaired) electrons. The van der Waals surface area contributed by atoms with Crippen molar-refractivity contribution in [3.63, 3.8) is 0 Å². The summed E-state index contributed by atoms with van der Waals surface area (Å²) in [4.78, 5) is 14.2. The Morgan fingerprint density at radius 1 is 1.37 bits per heavy atom. The second-order valence-electron chi connectivity index (χ2n) is 5.57. The highest BCUT2D eigenvalue weighted by Crippen LogP contribution is 2.35. The van der Waals surface area contributed by atoms with Crippen molar-refractivity contribution in [2.45, 2.75) is 25.2 Å². The van der Waals surface area contributed by atoms with Crippen LogP contribution >= 0.6 is 27.7 Å². The number of hydrogen-bond donors (Lipinski definition) is 0. The van der Waals surface area contributed by atoms with Gasteiger partial charge >= 0.3 is 6.18 Å². The molecule has 0 saturated heterocycles. The number of aryl methyl sites for hydroxylation is 1. The lowest BCUT2D eigenvalue weighted by atomic mass is 10.2. The lowest BCUT2D eigenvalue weighted by Crippen LogP contribution is -2.14. The molecule has 2 rings (SSSR count). The third kappa shape index (κ3) is 7.02. The van der Waals surface area contributed by atoms with Gasteiger partial charge in [0.05, 0.1) is 22.3 Å². The fraction of sp³-hybridized carbons (Fsp3) is 0.353. The van der Waals surface area contributed by atoms with Crippen molar-refractivity contribution in [3.8, 4) is 11.6 Å². The fourth-order valence-electron chi connectivity index (χ4n) is 1.81. The lowest BCUT2D eigenvalue weighted by Gasteiger charge is -2.12. The molecule has 0 saturated carbocycles. The van der Waals surface area contributed by atoms with Crippen LogP contribution in [-0.2, 0) is 0 Å². The molecule has 0 spiro atoms. The summed E-state index contributed by atoms with van der Waals surface area (Å²) < 4.78 is 43.4. The number of nitrogens with zero attached hydrogens (tertiary/aromatic N) is 4. The smallest absolute Gasteiger partial charge is 0.398 e. The Balaban J connectivity index is 2.15. The minimum absolute atomic E-state index is 0.00138. The molecule has 27 heavy (non-hydrogen) atoms. The van der Waals surface area contributed by atoms with Crippen molar-refractivity contribution in [1.29, 1.82) is 0 Å². The normalized spacial score (nSPS) is 11.8. The molecule has 10 heteroatoms. The Morgan fingerprint density at radius 2 is 2.11 bits per heavy atom. The third-order valence-corrected chi connectivity index (χ3v) is 4.88. The molecular weight excluding hydrogens is 445 g/mol. The van der Waals surface area contributed by atoms with Crippen molar-refractivity contribution >= 4 is 39.7 Å². The summed E-state index contributed by atoms with van der Waals surface area (Å²) >= 11 is 3.94. The summed E-state index contributed by atoms with van der Waals surface area (Å²) in [7, 11) is 1.93. The summed E-state index contributed by atoms with van der Waals surface area (Å²) in [5.74, 6) is -0.407. The molecule has 0 N–H and O–H groups in total. The highest BCUT2D eigenvalue weighted by molar-refractivity contribution is 9.10. The summed E-state index contributed by atoms with van der Waals surface area (Å²) in [6.07, 6.45) is -1.18. The molecule has 5 nitrogen and oxygen atoms in total. The van der Waals surface area contributed by atoms with E-state index in [2.05, 4.69) is 30.9 Å². The SMILES string of the molecule is CCN(C)/C=N\c1cc(Br)c(Oc2ccnc(SCC(F)(F)F)n2)cc1C. The van der Waals surface area contributed by atoms with E-state index in [1.54, 1.807) is 12.4 Å². The maximum atomic E-state index is 12.3. The molecule has 0 bridgehead atoms. The number of rotatable bonds is 7. The second kappa shape index (κ2) is 9.41. The van der Waals surface area contributed by atoms with Gasteiger partial charge in [0.2, 0.25) is 5.88 Å². The highest BCUT2D eigenvalue weighted by atomic mass is 79.9. The average Bonchev–Trinajstić information content (AvgIpc) is 2.61. The number of alkyl halides is 3. The van der Waals surface area contributed by atoms with E-state index in [9.17, 15) is 13.2 Å². The van der Waals surface area contributed by atoms with Gasteiger partial charge in [-0.25, -0.2) is 9.98 Å². The minimum Gasteiger partial charge on any atom is -0.438 e. The van der Waals surface area contributed by atoms with Crippen LogP contribution in [0.5, 0.6) is 11.6 Å². The van der Waals surface area contributed by atoms with E-state index in [0.29, 0.717) is 22.0 Å². The molecule has 1 heterocycles. The Bertz CT molecular complexity index is 817. The maximum Gasteiger partial charge on any atom is 0.398 e. The van der Waals surface area contributed by atoms with Crippen LogP contribution in [0.15, 0.2) is 39.0 Å². The lowest BCUT2D eigenvalue weighted by molar-refractivity contribution is -0.105. The van der Waals surface area contributed by atoms with E-state index in [-0.39, 0.29) is 11.0 Å². The molecule has 146 valence electrons. The van der Waals surface area contributed by atoms with Crippen molar-refractivity contribution < 1.29 is 17.9 Å². The summed E-state index contributed by atoms with van der Waals surface area (Å²) in [5.41, 5.74) is 1.66. The van der Waals surface area contributed by atoms with Crippen LogP contribution in [0, 0.1) is 6.92 Å². The monoisotopic (exact) mass is 462 g/mol. The quantitative estimate of drug-likeness (QED) is 0.231. The first-order valence-corrected chi connectivity index (χ1v) is 9.71. The third-order valence-electron chi connectivity index (χ3n) is 3.33. The van der Waals surface area contributed by atoms with E-state index in [0.717, 1.165) is 17.8 Å². The summed E-state index contributed by atoms with van der Waals surface area (Å²) in [5, 5.41) is 0.00138. The van der Waals surface area contributed by atoms with Gasteiger partial charge in [0.15, 0.2) is 5.16 Å². The van der Waals surface area contributed by atoms with Crippen LogP contribution in [0.1, 0.15) is 12.5 Å². The van der Waals surface area contributed by atoms with Crippen molar-refractivity contribution in [2.75, 3.05) is 19.3 Å². The van der Waals surface area contributed by atoms with Gasteiger partial charge in [0.25, 0.3) is 0 Å². The first kappa shape index (κ1) is 21.5. The fourth-order valence-corrected chi connectivity index (χ4v) is 2.81. The first-order valence-electron chi connectivity index (χ1n) is 7.93. The predicted molar refractivity (Wildman–Crippen MR) is 104 cm³/mol. The Labute approximate surface area is 168 Å². The van der Waals surface area contributed by atoms with E-state index < -0.39 is 11.9 Å². The number of thioether (sulfide) groups is 1. The van der Waals surface area contributed by atoms with Crippen LogP contribution in [-0.4, -0.2) is 46.7 Å². The zero-order valence-corrected chi connectivity index (χ0v) is 17.3. The summed E-state index contributed by atoms with van der Waals surface area (Å²) in [6, 6.07) is 5.08. The average molecular weight is 463 g/mol. The van der Waals surface area contributed by atoms with E-state index >= 15 is 0 Å². The van der Waals surface area contributed by atoms with Crippen molar-refractivity contribution in [3.05, 3.63) is 34.4 Å². The molecule has 0 amide bonds. The van der Waals surface area contributed by atoms with Gasteiger partial charge < -0.3 is 9.64 Å². The number of ether oxygens (including phenoxy) is 1. The van der Waals surface area contributed by atoms with Crippen LogP contribution in [0.4, 0.5) is 18.9 Å². The number of aromatic nitrogens is 2. The molecule has 0 fully saturated rings. The Kier molecular flexibility index (Phi) is 7.49. The Hall–Kier alpha value is -1.81. The van der Waals surface area contributed by atoms with Crippen LogP contribution < -0.4 is 4.74 Å². The number of halogens is 4. The van der Waals surface area contributed by atoms with Gasteiger partial charge in [-0.1, -0.05) is 11.8 Å². The standard InChI is InChI=1S/C17H18BrF3N4OS/c1-4-25(3)10-23-13-8-12(18)14(7-11(13)2)26-15-5-6-22-16(24-15)27-9-17(19,20)21/h5-8,10H,4,9H2,1-3H3/b23-10-. The van der Waals surface area contributed by atoms with Gasteiger partial charge in [0.1, 0.15) is 5.75 Å². The molecule has 1 aromatic heterocycles. The predicted octanol–water partition coefficient (Wildman–Crippen LogP) is 5.61. The highest BCUT2D eigenvalue weighted by Gasteiger charge is 2.28. The molecule has 2 aromatic rings. The summed E-state index contributed by atoms with van der Waals surface area (Å²) in [6.45, 7) is 4.75. The topological polar surface area (TPSA) is 50.6 Å². The molecule has 0 aliphatic rings. The van der Waals surface area contributed by atoms with Crippen LogP contribution in [0.3, 0.4) is 0 Å². The number of benzene rings is 1. The molecule has 0 unspecified atom stereocenters. The van der Waals surface area contributed by atoms with Gasteiger partial charge in [-0.2, -0.15) is 18.2 Å². The van der Waals surface area contributed by atoms with Crippen LogP contribution in [0.25, 0.3) is 0 Å². The van der Waals surface area contributed by atoms with E-state index in [1.807, 2.05) is 31.9 Å². The number of aliphatic imine (C=N–C) groups is 1. The van der Waals surface area contributed by atoms with Gasteiger partial charge in [-0.3, -0.25) is 0 Å². The van der Waals surface area contributed by atoms with Crippen LogP contribution in [0.2, 0.25) is 0 Å². The first-order chi connectivity index (χ1) is 12.7. The molecule has 0 aliphatic heterocycles. The van der Waals surface area contributed by atoms with Crippen molar-refractivity contribution in [2.24, 2.45) is 4.99 Å². The maximum absolute atomic E-state index is 12.3. The van der Waals surface area contributed by atoms with Gasteiger partial charge in [0, 0.05) is 25.9 Å². The minimum atomic E-state index is -4.28. The Morgan fingerprint density at radius 3 is 2.78 bits per heavy atom. The van der Waals surface area contributed by atoms with Gasteiger partial charge in [-0.15, -0.1) is 0 Å². The molecule has 0 aliphatic carbocycles. The van der Waals surface area contributed by atoms with Gasteiger partial charge in [-0.05, 0) is 47.5 Å². The molecule has 0 atom stereocenters. The number of hydrogen-bond acceptors (Lipinski definition) is 5. The zero-order chi connectivity index (χ0) is 20.0. The van der Waals surface area contributed by atoms with E-state index in [4.69, 9.17) is 4.74 Å². The zero-order valence-electron chi connectivity index (χ0n) is 14.9. The van der Waals surface area contributed by atoms with Crippen molar-refractivity contribution in [1.82, 2.24) is 14.9 Å². The second-order valence-corrected chi connectivity index (χ2v) is 7.37. The molecular formula is C17H18BrF3N4OS. The largest absolute Gasteiger partial charge is 0.438 e. The molecule has 1 aromatic carbocycles.